The molecule has 3 aromatic rings. The smallest absolute Gasteiger partial charge is 0.216 e. The van der Waals surface area contributed by atoms with Crippen LogP contribution in [-0.4, -0.2) is 15.0 Å². The minimum Gasteiger partial charge on any atom is -0.490 e. The Bertz CT molecular complexity index is 1350. The fourth-order valence-corrected chi connectivity index (χ4v) is 4.61. The summed E-state index contributed by atoms with van der Waals surface area (Å²) < 4.78 is 37.5. The molecule has 0 aliphatic carbocycles. The Morgan fingerprint density at radius 3 is 2.20 bits per heavy atom. The third kappa shape index (κ3) is 6.66. The first-order valence-electron chi connectivity index (χ1n) is 11.2. The first-order chi connectivity index (χ1) is 16.5. The minimum atomic E-state index is -3.99. The summed E-state index contributed by atoms with van der Waals surface area (Å²) >= 11 is 5.86. The lowest BCUT2D eigenvalue weighted by Crippen LogP contribution is -2.10. The van der Waals surface area contributed by atoms with E-state index >= 15 is 0 Å². The van der Waals surface area contributed by atoms with E-state index in [4.69, 9.17) is 21.1 Å². The molecule has 0 heterocycles. The quantitative estimate of drug-likeness (QED) is 0.307. The van der Waals surface area contributed by atoms with Crippen LogP contribution < -0.4 is 9.47 Å². The number of nitriles is 1. The fourth-order valence-electron chi connectivity index (χ4n) is 3.33. The average molecular weight is 510 g/mol. The van der Waals surface area contributed by atoms with Crippen molar-refractivity contribution in [1.29, 1.82) is 5.26 Å². The second kappa shape index (κ2) is 11.0. The molecule has 0 spiro atoms. The van der Waals surface area contributed by atoms with Gasteiger partial charge in [-0.2, -0.15) is 5.26 Å². The SMILES string of the molecule is CCOc1cc(C=C(C#N)S(=O)(=O)c2ccc(Cl)cc2)ccc1OCc1ccc(C(C)(C)C)cc1. The van der Waals surface area contributed by atoms with E-state index in [2.05, 4.69) is 32.9 Å². The molecular formula is C28H28ClNO4S. The lowest BCUT2D eigenvalue weighted by molar-refractivity contribution is 0.269. The Labute approximate surface area is 212 Å². The van der Waals surface area contributed by atoms with Crippen LogP contribution in [0.2, 0.25) is 5.02 Å². The molecule has 0 aromatic heterocycles. The maximum atomic E-state index is 12.9. The summed E-state index contributed by atoms with van der Waals surface area (Å²) in [6.07, 6.45) is 1.32. The molecule has 0 aliphatic heterocycles. The summed E-state index contributed by atoms with van der Waals surface area (Å²) in [5.41, 5.74) is 2.85. The number of hydrogen-bond acceptors (Lipinski definition) is 5. The van der Waals surface area contributed by atoms with Gasteiger partial charge in [-0.15, -0.1) is 0 Å². The molecule has 0 fully saturated rings. The highest BCUT2D eigenvalue weighted by Crippen LogP contribution is 2.31. The topological polar surface area (TPSA) is 76.4 Å². The molecule has 0 radical (unpaired) electrons. The largest absolute Gasteiger partial charge is 0.490 e. The first kappa shape index (κ1) is 26.3. The summed E-state index contributed by atoms with van der Waals surface area (Å²) in [4.78, 5) is -0.382. The molecule has 3 aromatic carbocycles. The molecule has 0 amide bonds. The Hall–Kier alpha value is -3.27. The molecule has 0 atom stereocenters. The Balaban J connectivity index is 1.85. The predicted octanol–water partition coefficient (Wildman–Crippen LogP) is 6.95. The van der Waals surface area contributed by atoms with Gasteiger partial charge in [-0.1, -0.05) is 62.7 Å². The number of sulfone groups is 1. The van der Waals surface area contributed by atoms with Gasteiger partial charge in [-0.25, -0.2) is 8.42 Å². The van der Waals surface area contributed by atoms with Gasteiger partial charge in [0.2, 0.25) is 9.84 Å². The van der Waals surface area contributed by atoms with Crippen molar-refractivity contribution >= 4 is 27.5 Å². The molecule has 0 saturated carbocycles. The highest BCUT2D eigenvalue weighted by Gasteiger charge is 2.21. The number of nitrogens with zero attached hydrogens (tertiary/aromatic N) is 1. The molecule has 0 aliphatic rings. The average Bonchev–Trinajstić information content (AvgIpc) is 2.82. The summed E-state index contributed by atoms with van der Waals surface area (Å²) in [6.45, 7) is 9.11. The van der Waals surface area contributed by atoms with Gasteiger partial charge in [0, 0.05) is 5.02 Å². The van der Waals surface area contributed by atoms with Gasteiger partial charge in [-0.05, 0) is 71.5 Å². The number of rotatable bonds is 8. The Morgan fingerprint density at radius 2 is 1.63 bits per heavy atom. The zero-order valence-electron chi connectivity index (χ0n) is 20.2. The monoisotopic (exact) mass is 509 g/mol. The van der Waals surface area contributed by atoms with E-state index in [1.54, 1.807) is 24.3 Å². The number of ether oxygens (including phenoxy) is 2. The number of halogens is 1. The van der Waals surface area contributed by atoms with Crippen LogP contribution in [0.25, 0.3) is 6.08 Å². The van der Waals surface area contributed by atoms with Crippen molar-refractivity contribution in [2.45, 2.75) is 44.6 Å². The second-order valence-corrected chi connectivity index (χ2v) is 11.3. The number of allylic oxidation sites excluding steroid dienone is 1. The van der Waals surface area contributed by atoms with E-state index in [0.717, 1.165) is 5.56 Å². The first-order valence-corrected chi connectivity index (χ1v) is 13.0. The van der Waals surface area contributed by atoms with Crippen molar-refractivity contribution < 1.29 is 17.9 Å². The van der Waals surface area contributed by atoms with E-state index in [1.807, 2.05) is 19.1 Å². The van der Waals surface area contributed by atoms with Crippen LogP contribution in [0.3, 0.4) is 0 Å². The maximum Gasteiger partial charge on any atom is 0.216 e. The van der Waals surface area contributed by atoms with Gasteiger partial charge >= 0.3 is 0 Å². The van der Waals surface area contributed by atoms with E-state index in [-0.39, 0.29) is 15.2 Å². The second-order valence-electron chi connectivity index (χ2n) is 8.95. The molecular weight excluding hydrogens is 482 g/mol. The van der Waals surface area contributed by atoms with Gasteiger partial charge in [0.05, 0.1) is 11.5 Å². The standard InChI is InChI=1S/C28H28ClNO4S/c1-5-33-27-17-21(16-25(18-30)35(31,32)24-13-11-23(29)12-14-24)8-15-26(27)34-19-20-6-9-22(10-7-20)28(2,3)4/h6-17H,5,19H2,1-4H3. The molecule has 0 saturated heterocycles. The predicted molar refractivity (Wildman–Crippen MR) is 139 cm³/mol. The van der Waals surface area contributed by atoms with E-state index < -0.39 is 9.84 Å². The van der Waals surface area contributed by atoms with Crippen molar-refractivity contribution in [3.05, 3.63) is 93.3 Å². The van der Waals surface area contributed by atoms with Crippen LogP contribution >= 0.6 is 11.6 Å². The molecule has 0 N–H and O–H groups in total. The van der Waals surface area contributed by atoms with Crippen LogP contribution in [-0.2, 0) is 21.9 Å². The minimum absolute atomic E-state index is 0.00263. The number of hydrogen-bond donors (Lipinski definition) is 0. The molecule has 7 heteroatoms. The van der Waals surface area contributed by atoms with Crippen molar-refractivity contribution in [3.63, 3.8) is 0 Å². The van der Waals surface area contributed by atoms with Crippen molar-refractivity contribution in [2.75, 3.05) is 6.61 Å². The van der Waals surface area contributed by atoms with Crippen LogP contribution in [0.1, 0.15) is 44.4 Å². The third-order valence-electron chi connectivity index (χ3n) is 5.30. The van der Waals surface area contributed by atoms with E-state index in [9.17, 15) is 13.7 Å². The lowest BCUT2D eigenvalue weighted by Gasteiger charge is -2.19. The fraction of sp³-hybridized carbons (Fsp3) is 0.250. The Morgan fingerprint density at radius 1 is 0.971 bits per heavy atom. The third-order valence-corrected chi connectivity index (χ3v) is 7.24. The lowest BCUT2D eigenvalue weighted by atomic mass is 9.87. The molecule has 3 rings (SSSR count). The summed E-state index contributed by atoms with van der Waals surface area (Å²) in [6, 6.07) is 20.8. The van der Waals surface area contributed by atoms with Crippen LogP contribution in [0.4, 0.5) is 0 Å². The van der Waals surface area contributed by atoms with E-state index in [0.29, 0.717) is 35.3 Å². The highest BCUT2D eigenvalue weighted by molar-refractivity contribution is 7.95. The van der Waals surface area contributed by atoms with Crippen molar-refractivity contribution in [2.24, 2.45) is 0 Å². The van der Waals surface area contributed by atoms with Gasteiger partial charge < -0.3 is 9.47 Å². The molecule has 182 valence electrons. The van der Waals surface area contributed by atoms with Gasteiger partial charge in [0.1, 0.15) is 17.6 Å². The molecule has 0 bridgehead atoms. The molecule has 35 heavy (non-hydrogen) atoms. The zero-order valence-corrected chi connectivity index (χ0v) is 21.8. The summed E-state index contributed by atoms with van der Waals surface area (Å²) in [5, 5.41) is 9.98. The maximum absolute atomic E-state index is 12.9. The van der Waals surface area contributed by atoms with Crippen LogP contribution in [0.15, 0.2) is 76.5 Å². The van der Waals surface area contributed by atoms with Crippen molar-refractivity contribution in [3.8, 4) is 17.6 Å². The van der Waals surface area contributed by atoms with Gasteiger partial charge in [0.25, 0.3) is 0 Å². The normalized spacial score (nSPS) is 12.2. The van der Waals surface area contributed by atoms with Crippen molar-refractivity contribution in [1.82, 2.24) is 0 Å². The van der Waals surface area contributed by atoms with Crippen LogP contribution in [0, 0.1) is 11.3 Å². The van der Waals surface area contributed by atoms with Gasteiger partial charge in [0.15, 0.2) is 11.5 Å². The van der Waals surface area contributed by atoms with Gasteiger partial charge in [-0.3, -0.25) is 0 Å². The molecule has 5 nitrogen and oxygen atoms in total. The highest BCUT2D eigenvalue weighted by atomic mass is 35.5. The molecule has 0 unspecified atom stereocenters. The van der Waals surface area contributed by atoms with E-state index in [1.165, 1.54) is 35.9 Å². The summed E-state index contributed by atoms with van der Waals surface area (Å²) in [5.74, 6) is 0.997. The Kier molecular flexibility index (Phi) is 8.26. The van der Waals surface area contributed by atoms with Crippen LogP contribution in [0.5, 0.6) is 11.5 Å². The number of benzene rings is 3. The summed E-state index contributed by atoms with van der Waals surface area (Å²) in [7, 11) is -3.99. The zero-order chi connectivity index (χ0) is 25.6.